The van der Waals surface area contributed by atoms with E-state index in [1.54, 1.807) is 49.4 Å². The van der Waals surface area contributed by atoms with E-state index in [2.05, 4.69) is 5.32 Å². The number of carbonyl (C=O) groups is 2. The molecule has 1 N–H and O–H groups in total. The third-order valence-electron chi connectivity index (χ3n) is 5.60. The van der Waals surface area contributed by atoms with Crippen LogP contribution in [0.5, 0.6) is 5.75 Å². The Morgan fingerprint density at radius 1 is 1.11 bits per heavy atom. The first-order valence-electron chi connectivity index (χ1n) is 11.6. The second kappa shape index (κ2) is 13.7. The summed E-state index contributed by atoms with van der Waals surface area (Å²) in [5.41, 5.74) is 0.981. The molecule has 1 unspecified atom stereocenters. The zero-order valence-electron chi connectivity index (χ0n) is 21.0. The molecule has 0 spiro atoms. The molecule has 0 heterocycles. The van der Waals surface area contributed by atoms with Gasteiger partial charge in [0.2, 0.25) is 21.8 Å². The van der Waals surface area contributed by atoms with Crippen molar-refractivity contribution in [3.05, 3.63) is 58.1 Å². The molecule has 0 saturated carbocycles. The SMILES string of the molecule is CCCNC(=O)C(C)N(Cc1c(Cl)cccc1Cl)C(=O)CCCN(c1cccc(OC)c1)S(C)(=O)=O. The Bertz CT molecular complexity index is 1140. The van der Waals surface area contributed by atoms with Crippen LogP contribution in [-0.4, -0.2) is 57.6 Å². The van der Waals surface area contributed by atoms with Gasteiger partial charge in [-0.25, -0.2) is 8.42 Å². The van der Waals surface area contributed by atoms with Gasteiger partial charge in [0.1, 0.15) is 11.8 Å². The van der Waals surface area contributed by atoms with Crippen LogP contribution < -0.4 is 14.4 Å². The zero-order chi connectivity index (χ0) is 26.9. The average molecular weight is 559 g/mol. The van der Waals surface area contributed by atoms with Crippen molar-refractivity contribution in [1.82, 2.24) is 10.2 Å². The Hall–Kier alpha value is -2.49. The van der Waals surface area contributed by atoms with Crippen molar-refractivity contribution in [2.75, 3.05) is 30.8 Å². The van der Waals surface area contributed by atoms with Crippen LogP contribution >= 0.6 is 23.2 Å². The quantitative estimate of drug-likeness (QED) is 0.391. The van der Waals surface area contributed by atoms with Crippen LogP contribution in [0.1, 0.15) is 38.7 Å². The normalized spacial score (nSPS) is 12.1. The number of hydrogen-bond donors (Lipinski definition) is 1. The third kappa shape index (κ3) is 8.28. The van der Waals surface area contributed by atoms with E-state index in [0.717, 1.165) is 12.7 Å². The molecule has 0 radical (unpaired) electrons. The first-order chi connectivity index (χ1) is 17.0. The number of rotatable bonds is 13. The van der Waals surface area contributed by atoms with Crippen molar-refractivity contribution in [3.63, 3.8) is 0 Å². The predicted octanol–water partition coefficient (Wildman–Crippen LogP) is 4.49. The van der Waals surface area contributed by atoms with Crippen LogP contribution in [0.2, 0.25) is 10.0 Å². The van der Waals surface area contributed by atoms with E-state index in [0.29, 0.717) is 33.6 Å². The first-order valence-corrected chi connectivity index (χ1v) is 14.2. The Labute approximate surface area is 223 Å². The van der Waals surface area contributed by atoms with Crippen LogP contribution in [0.4, 0.5) is 5.69 Å². The molecule has 0 aliphatic carbocycles. The van der Waals surface area contributed by atoms with Crippen molar-refractivity contribution in [1.29, 1.82) is 0 Å². The molecule has 0 bridgehead atoms. The topological polar surface area (TPSA) is 96.0 Å². The lowest BCUT2D eigenvalue weighted by Crippen LogP contribution is -2.48. The summed E-state index contributed by atoms with van der Waals surface area (Å²) in [4.78, 5) is 27.5. The minimum absolute atomic E-state index is 0.0173. The maximum Gasteiger partial charge on any atom is 0.242 e. The van der Waals surface area contributed by atoms with Gasteiger partial charge in [-0.15, -0.1) is 0 Å². The predicted molar refractivity (Wildman–Crippen MR) is 144 cm³/mol. The highest BCUT2D eigenvalue weighted by molar-refractivity contribution is 7.92. The largest absolute Gasteiger partial charge is 0.497 e. The molecule has 2 aromatic carbocycles. The molecule has 36 heavy (non-hydrogen) atoms. The standard InChI is InChI=1S/C25H33Cl2N3O5S/c1-5-14-28-25(32)18(2)29(17-21-22(26)11-7-12-23(21)27)24(31)13-8-15-30(36(4,33)34)19-9-6-10-20(16-19)35-3/h6-7,9-12,16,18H,5,8,13-15,17H2,1-4H3,(H,28,32). The van der Waals surface area contributed by atoms with Crippen LogP contribution in [0.15, 0.2) is 42.5 Å². The van der Waals surface area contributed by atoms with Gasteiger partial charge < -0.3 is 15.0 Å². The Morgan fingerprint density at radius 2 is 1.75 bits per heavy atom. The number of nitrogens with one attached hydrogen (secondary N) is 1. The number of amides is 2. The molecule has 198 valence electrons. The van der Waals surface area contributed by atoms with Crippen molar-refractivity contribution in [3.8, 4) is 5.75 Å². The second-order valence-electron chi connectivity index (χ2n) is 8.33. The van der Waals surface area contributed by atoms with Gasteiger partial charge in [-0.05, 0) is 44.0 Å². The van der Waals surface area contributed by atoms with Crippen molar-refractivity contribution in [2.45, 2.75) is 45.7 Å². The molecule has 2 aromatic rings. The van der Waals surface area contributed by atoms with Crippen molar-refractivity contribution >= 4 is 50.7 Å². The number of anilines is 1. The molecule has 2 rings (SSSR count). The fourth-order valence-electron chi connectivity index (χ4n) is 3.60. The van der Waals surface area contributed by atoms with Crippen LogP contribution in [0.3, 0.4) is 0 Å². The number of methoxy groups -OCH3 is 1. The summed E-state index contributed by atoms with van der Waals surface area (Å²) in [6.45, 7) is 4.19. The molecule has 8 nitrogen and oxygen atoms in total. The number of carbonyl (C=O) groups excluding carboxylic acids is 2. The lowest BCUT2D eigenvalue weighted by Gasteiger charge is -2.30. The lowest BCUT2D eigenvalue weighted by atomic mass is 10.1. The van der Waals surface area contributed by atoms with Gasteiger partial charge in [0.25, 0.3) is 0 Å². The highest BCUT2D eigenvalue weighted by atomic mass is 35.5. The first kappa shape index (κ1) is 29.7. The van der Waals surface area contributed by atoms with Gasteiger partial charge in [-0.1, -0.05) is 42.3 Å². The van der Waals surface area contributed by atoms with E-state index in [1.807, 2.05) is 6.92 Å². The van der Waals surface area contributed by atoms with E-state index in [-0.39, 0.29) is 37.7 Å². The van der Waals surface area contributed by atoms with E-state index in [1.165, 1.54) is 16.3 Å². The second-order valence-corrected chi connectivity index (χ2v) is 11.1. The van der Waals surface area contributed by atoms with Crippen LogP contribution in [0, 0.1) is 0 Å². The maximum absolute atomic E-state index is 13.3. The highest BCUT2D eigenvalue weighted by Crippen LogP contribution is 2.27. The Morgan fingerprint density at radius 3 is 2.33 bits per heavy atom. The van der Waals surface area contributed by atoms with Gasteiger partial charge in [-0.3, -0.25) is 13.9 Å². The summed E-state index contributed by atoms with van der Waals surface area (Å²) in [5, 5.41) is 3.59. The summed E-state index contributed by atoms with van der Waals surface area (Å²) in [6.07, 6.45) is 2.12. The Kier molecular flexibility index (Phi) is 11.3. The van der Waals surface area contributed by atoms with Gasteiger partial charge in [-0.2, -0.15) is 0 Å². The van der Waals surface area contributed by atoms with Crippen LogP contribution in [-0.2, 0) is 26.2 Å². The lowest BCUT2D eigenvalue weighted by molar-refractivity contribution is -0.140. The molecular formula is C25H33Cl2N3O5S. The van der Waals surface area contributed by atoms with Gasteiger partial charge >= 0.3 is 0 Å². The van der Waals surface area contributed by atoms with E-state index < -0.39 is 16.1 Å². The fourth-order valence-corrected chi connectivity index (χ4v) is 5.08. The van der Waals surface area contributed by atoms with E-state index >= 15 is 0 Å². The van der Waals surface area contributed by atoms with Crippen LogP contribution in [0.25, 0.3) is 0 Å². The summed E-state index contributed by atoms with van der Waals surface area (Å²) < 4.78 is 31.4. The summed E-state index contributed by atoms with van der Waals surface area (Å²) in [5.74, 6) is -0.0846. The fraction of sp³-hybridized carbons (Fsp3) is 0.440. The molecule has 0 saturated heterocycles. The average Bonchev–Trinajstić information content (AvgIpc) is 2.83. The molecule has 0 aliphatic heterocycles. The van der Waals surface area contributed by atoms with Gasteiger partial charge in [0, 0.05) is 47.7 Å². The molecule has 0 aromatic heterocycles. The molecule has 2 amide bonds. The molecule has 1 atom stereocenters. The summed E-state index contributed by atoms with van der Waals surface area (Å²) in [7, 11) is -2.11. The van der Waals surface area contributed by atoms with Crippen molar-refractivity contribution in [2.24, 2.45) is 0 Å². The zero-order valence-corrected chi connectivity index (χ0v) is 23.3. The number of halogens is 2. The smallest absolute Gasteiger partial charge is 0.242 e. The summed E-state index contributed by atoms with van der Waals surface area (Å²) >= 11 is 12.7. The number of benzene rings is 2. The van der Waals surface area contributed by atoms with Gasteiger partial charge in [0.15, 0.2) is 0 Å². The van der Waals surface area contributed by atoms with E-state index in [9.17, 15) is 18.0 Å². The third-order valence-corrected chi connectivity index (χ3v) is 7.50. The minimum Gasteiger partial charge on any atom is -0.497 e. The number of nitrogens with zero attached hydrogens (tertiary/aromatic N) is 2. The molecular weight excluding hydrogens is 525 g/mol. The number of hydrogen-bond acceptors (Lipinski definition) is 5. The van der Waals surface area contributed by atoms with E-state index in [4.69, 9.17) is 27.9 Å². The van der Waals surface area contributed by atoms with Crippen molar-refractivity contribution < 1.29 is 22.7 Å². The molecule has 0 fully saturated rings. The Balaban J connectivity index is 2.22. The number of ether oxygens (including phenoxy) is 1. The van der Waals surface area contributed by atoms with Gasteiger partial charge in [0.05, 0.1) is 19.1 Å². The monoisotopic (exact) mass is 557 g/mol. The summed E-state index contributed by atoms with van der Waals surface area (Å²) in [6, 6.07) is 11.0. The number of sulfonamides is 1. The molecule has 11 heteroatoms. The highest BCUT2D eigenvalue weighted by Gasteiger charge is 2.27. The minimum atomic E-state index is -3.61. The molecule has 0 aliphatic rings. The maximum atomic E-state index is 13.3.